The quantitative estimate of drug-likeness (QED) is 0.559. The Morgan fingerprint density at radius 3 is 2.62 bits per heavy atom. The number of pyridine rings is 1. The lowest BCUT2D eigenvalue weighted by atomic mass is 9.66. The van der Waals surface area contributed by atoms with Gasteiger partial charge in [-0.3, -0.25) is 4.79 Å². The van der Waals surface area contributed by atoms with Crippen LogP contribution in [0.1, 0.15) is 66.2 Å². The zero-order valence-electron chi connectivity index (χ0n) is 18.2. The van der Waals surface area contributed by atoms with Crippen LogP contribution in [0, 0.1) is 11.3 Å². The molecular weight excluding hydrogens is 384 g/mol. The number of hydrogen-bond acceptors (Lipinski definition) is 3. The fourth-order valence-electron chi connectivity index (χ4n) is 4.86. The molecule has 29 heavy (non-hydrogen) atoms. The molecule has 1 saturated carbocycles. The maximum atomic E-state index is 12.0. The summed E-state index contributed by atoms with van der Waals surface area (Å²) in [6.45, 7) is 10.2. The molecule has 1 aliphatic carbocycles. The van der Waals surface area contributed by atoms with Gasteiger partial charge in [0, 0.05) is 17.6 Å². The molecule has 1 aromatic heterocycles. The second-order valence-corrected chi connectivity index (χ2v) is 9.38. The van der Waals surface area contributed by atoms with Crippen molar-refractivity contribution in [1.29, 1.82) is 0 Å². The van der Waals surface area contributed by atoms with Crippen molar-refractivity contribution in [2.75, 3.05) is 6.54 Å². The van der Waals surface area contributed by atoms with Gasteiger partial charge >= 0.3 is 0 Å². The number of H-pyrrole nitrogens is 1. The Balaban J connectivity index is 1.69. The average Bonchev–Trinajstić information content (AvgIpc) is 2.71. The standard InChI is InChI=1S/C24H35ClN2O2/c1-5-22(27-15-16(3)4)24(6-2)10-7-18(8-11-24)29-21-13-17-9-12-26-23(28)19(17)14-20(21)25/h9,12-14,16,18,22,27H,5-8,10-11,15H2,1-4H3,(H,26,28)/t18?,22-,24?/m0/s1. The molecule has 0 saturated heterocycles. The number of aromatic amines is 1. The molecule has 160 valence electrons. The van der Waals surface area contributed by atoms with Crippen LogP contribution < -0.4 is 15.6 Å². The predicted molar refractivity (Wildman–Crippen MR) is 122 cm³/mol. The van der Waals surface area contributed by atoms with Gasteiger partial charge in [-0.25, -0.2) is 0 Å². The molecule has 1 aliphatic rings. The van der Waals surface area contributed by atoms with Crippen LogP contribution in [0.4, 0.5) is 0 Å². The molecule has 0 unspecified atom stereocenters. The molecule has 0 aliphatic heterocycles. The summed E-state index contributed by atoms with van der Waals surface area (Å²) in [5, 5.41) is 5.80. The van der Waals surface area contributed by atoms with Crippen molar-refractivity contribution in [2.24, 2.45) is 11.3 Å². The van der Waals surface area contributed by atoms with Crippen molar-refractivity contribution >= 4 is 22.4 Å². The highest BCUT2D eigenvalue weighted by Gasteiger charge is 2.40. The molecular formula is C24H35ClN2O2. The average molecular weight is 419 g/mol. The minimum absolute atomic E-state index is 0.124. The van der Waals surface area contributed by atoms with Crippen molar-refractivity contribution in [2.45, 2.75) is 78.4 Å². The van der Waals surface area contributed by atoms with Crippen LogP contribution in [0.25, 0.3) is 10.8 Å². The van der Waals surface area contributed by atoms with Crippen LogP contribution in [0.3, 0.4) is 0 Å². The summed E-state index contributed by atoms with van der Waals surface area (Å²) in [6, 6.07) is 6.06. The zero-order valence-corrected chi connectivity index (χ0v) is 18.9. The number of fused-ring (bicyclic) bond motifs is 1. The molecule has 0 bridgehead atoms. The number of aromatic nitrogens is 1. The van der Waals surface area contributed by atoms with Crippen LogP contribution in [0.2, 0.25) is 5.02 Å². The molecule has 1 aromatic carbocycles. The normalized spacial score (nSPS) is 23.4. The van der Waals surface area contributed by atoms with Crippen molar-refractivity contribution in [3.8, 4) is 5.75 Å². The monoisotopic (exact) mass is 418 g/mol. The minimum Gasteiger partial charge on any atom is -0.489 e. The van der Waals surface area contributed by atoms with Crippen LogP contribution >= 0.6 is 11.6 Å². The van der Waals surface area contributed by atoms with E-state index in [-0.39, 0.29) is 11.7 Å². The predicted octanol–water partition coefficient (Wildman–Crippen LogP) is 5.92. The first-order valence-electron chi connectivity index (χ1n) is 11.1. The van der Waals surface area contributed by atoms with E-state index in [1.165, 1.54) is 19.3 Å². The van der Waals surface area contributed by atoms with Gasteiger partial charge in [-0.1, -0.05) is 39.3 Å². The van der Waals surface area contributed by atoms with E-state index in [0.29, 0.717) is 33.5 Å². The van der Waals surface area contributed by atoms with E-state index in [2.05, 4.69) is 38.0 Å². The van der Waals surface area contributed by atoms with Crippen molar-refractivity contribution in [1.82, 2.24) is 10.3 Å². The van der Waals surface area contributed by atoms with Gasteiger partial charge in [0.15, 0.2) is 0 Å². The molecule has 0 spiro atoms. The summed E-state index contributed by atoms with van der Waals surface area (Å²) in [6.07, 6.45) is 8.61. The molecule has 0 amide bonds. The summed E-state index contributed by atoms with van der Waals surface area (Å²) in [5.74, 6) is 1.35. The van der Waals surface area contributed by atoms with Crippen molar-refractivity contribution < 1.29 is 4.74 Å². The SMILES string of the molecule is CC[C@H](NCC(C)C)C1(CC)CCC(Oc2cc3cc[nH]c(=O)c3cc2Cl)CC1. The highest BCUT2D eigenvalue weighted by Crippen LogP contribution is 2.44. The lowest BCUT2D eigenvalue weighted by Crippen LogP contribution is -2.48. The molecule has 1 atom stereocenters. The summed E-state index contributed by atoms with van der Waals surface area (Å²) >= 11 is 6.43. The Morgan fingerprint density at radius 2 is 2.00 bits per heavy atom. The van der Waals surface area contributed by atoms with E-state index < -0.39 is 0 Å². The van der Waals surface area contributed by atoms with Gasteiger partial charge < -0.3 is 15.0 Å². The van der Waals surface area contributed by atoms with Gasteiger partial charge in [-0.05, 0) is 80.0 Å². The summed E-state index contributed by atoms with van der Waals surface area (Å²) in [4.78, 5) is 14.7. The molecule has 2 N–H and O–H groups in total. The van der Waals surface area contributed by atoms with E-state index in [1.54, 1.807) is 12.3 Å². The van der Waals surface area contributed by atoms with E-state index in [4.69, 9.17) is 16.3 Å². The molecule has 4 nitrogen and oxygen atoms in total. The van der Waals surface area contributed by atoms with Crippen LogP contribution in [0.5, 0.6) is 5.75 Å². The van der Waals surface area contributed by atoms with E-state index >= 15 is 0 Å². The Kier molecular flexibility index (Phi) is 7.28. The topological polar surface area (TPSA) is 54.1 Å². The van der Waals surface area contributed by atoms with E-state index in [0.717, 1.165) is 31.2 Å². The second-order valence-electron chi connectivity index (χ2n) is 8.97. The van der Waals surface area contributed by atoms with Crippen LogP contribution in [-0.2, 0) is 0 Å². The Labute approximate surface area is 179 Å². The number of rotatable bonds is 8. The lowest BCUT2D eigenvalue weighted by Gasteiger charge is -2.45. The van der Waals surface area contributed by atoms with E-state index in [1.807, 2.05) is 12.1 Å². The molecule has 2 aromatic rings. The number of ether oxygens (including phenoxy) is 1. The van der Waals surface area contributed by atoms with Gasteiger partial charge in [0.05, 0.1) is 11.1 Å². The number of halogens is 1. The van der Waals surface area contributed by atoms with Gasteiger partial charge in [0.2, 0.25) is 0 Å². The van der Waals surface area contributed by atoms with E-state index in [9.17, 15) is 4.79 Å². The van der Waals surface area contributed by atoms with Crippen LogP contribution in [-0.4, -0.2) is 23.7 Å². The number of hydrogen-bond donors (Lipinski definition) is 2. The Morgan fingerprint density at radius 1 is 1.28 bits per heavy atom. The highest BCUT2D eigenvalue weighted by atomic mass is 35.5. The first-order valence-corrected chi connectivity index (χ1v) is 11.5. The lowest BCUT2D eigenvalue weighted by molar-refractivity contribution is 0.0454. The fourth-order valence-corrected chi connectivity index (χ4v) is 5.07. The van der Waals surface area contributed by atoms with Gasteiger partial charge in [-0.2, -0.15) is 0 Å². The first kappa shape index (κ1) is 22.2. The van der Waals surface area contributed by atoms with Crippen molar-refractivity contribution in [3.05, 3.63) is 39.8 Å². The number of nitrogens with one attached hydrogen (secondary N) is 2. The Hall–Kier alpha value is -1.52. The maximum absolute atomic E-state index is 12.0. The number of benzene rings is 1. The summed E-state index contributed by atoms with van der Waals surface area (Å²) in [7, 11) is 0. The smallest absolute Gasteiger partial charge is 0.255 e. The minimum atomic E-state index is -0.124. The maximum Gasteiger partial charge on any atom is 0.255 e. The summed E-state index contributed by atoms with van der Waals surface area (Å²) in [5.41, 5.74) is 0.227. The van der Waals surface area contributed by atoms with Gasteiger partial charge in [0.25, 0.3) is 5.56 Å². The zero-order chi connectivity index (χ0) is 21.0. The second kappa shape index (κ2) is 9.53. The molecule has 1 fully saturated rings. The molecule has 5 heteroatoms. The van der Waals surface area contributed by atoms with Gasteiger partial charge in [0.1, 0.15) is 5.75 Å². The Bertz CT molecular complexity index is 869. The third-order valence-electron chi connectivity index (χ3n) is 6.67. The van der Waals surface area contributed by atoms with Gasteiger partial charge in [-0.15, -0.1) is 0 Å². The largest absolute Gasteiger partial charge is 0.489 e. The third kappa shape index (κ3) is 4.97. The molecule has 0 radical (unpaired) electrons. The first-order chi connectivity index (χ1) is 13.9. The molecule has 1 heterocycles. The highest BCUT2D eigenvalue weighted by molar-refractivity contribution is 6.32. The summed E-state index contributed by atoms with van der Waals surface area (Å²) < 4.78 is 6.32. The van der Waals surface area contributed by atoms with Crippen molar-refractivity contribution in [3.63, 3.8) is 0 Å². The molecule has 3 rings (SSSR count). The van der Waals surface area contributed by atoms with Crippen LogP contribution in [0.15, 0.2) is 29.2 Å². The third-order valence-corrected chi connectivity index (χ3v) is 6.97. The fraction of sp³-hybridized carbons (Fsp3) is 0.625.